The van der Waals surface area contributed by atoms with Crippen molar-refractivity contribution in [2.75, 3.05) is 6.61 Å². The van der Waals surface area contributed by atoms with Crippen LogP contribution >= 0.6 is 0 Å². The summed E-state index contributed by atoms with van der Waals surface area (Å²) >= 11 is 0. The first-order valence-electron chi connectivity index (χ1n) is 6.78. The maximum absolute atomic E-state index is 12.6. The molecule has 0 aliphatic carbocycles. The van der Waals surface area contributed by atoms with Crippen LogP contribution in [0.15, 0.2) is 30.0 Å². The molecular formula is C15H14F3NO5. The number of hydrogen-bond acceptors (Lipinski definition) is 5. The normalized spacial score (nSPS) is 12.0. The minimum atomic E-state index is -4.74. The fraction of sp³-hybridized carbons (Fsp3) is 0.333. The first kappa shape index (κ1) is 19.3. The summed E-state index contributed by atoms with van der Waals surface area (Å²) in [5.74, 6) is -1.39. The number of ether oxygens (including phenoxy) is 1. The van der Waals surface area contributed by atoms with E-state index in [9.17, 15) is 32.9 Å². The topological polar surface area (TPSA) is 86.5 Å². The lowest BCUT2D eigenvalue weighted by atomic mass is 9.99. The molecule has 1 rings (SSSR count). The Hall–Kier alpha value is -2.71. The average molecular weight is 345 g/mol. The van der Waals surface area contributed by atoms with Crippen molar-refractivity contribution in [3.05, 3.63) is 51.3 Å². The van der Waals surface area contributed by atoms with Crippen molar-refractivity contribution in [1.29, 1.82) is 0 Å². The summed E-state index contributed by atoms with van der Waals surface area (Å²) in [6.07, 6.45) is -4.39. The number of nitrogens with zero attached hydrogens (tertiary/aromatic N) is 1. The fourth-order valence-corrected chi connectivity index (χ4v) is 1.84. The second kappa shape index (κ2) is 7.71. The second-order valence-corrected chi connectivity index (χ2v) is 4.74. The molecule has 0 heterocycles. The molecule has 0 saturated carbocycles. The molecular weight excluding hydrogens is 331 g/mol. The number of ketones is 2. The molecule has 24 heavy (non-hydrogen) atoms. The van der Waals surface area contributed by atoms with Crippen molar-refractivity contribution < 1.29 is 32.4 Å². The summed E-state index contributed by atoms with van der Waals surface area (Å²) in [5, 5.41) is 11.0. The van der Waals surface area contributed by atoms with Crippen LogP contribution in [0.5, 0.6) is 0 Å². The van der Waals surface area contributed by atoms with Crippen LogP contribution in [0.2, 0.25) is 0 Å². The lowest BCUT2D eigenvalue weighted by Crippen LogP contribution is -2.15. The predicted octanol–water partition coefficient (Wildman–Crippen LogP) is 3.23. The number of Topliss-reactive ketones (excluding diaryl/α,β-unsaturated/α-hetero) is 2. The average Bonchev–Trinajstić information content (AvgIpc) is 2.46. The predicted molar refractivity (Wildman–Crippen MR) is 77.2 cm³/mol. The molecule has 6 nitrogen and oxygen atoms in total. The highest BCUT2D eigenvalue weighted by atomic mass is 19.4. The maximum Gasteiger partial charge on any atom is 0.416 e. The highest BCUT2D eigenvalue weighted by molar-refractivity contribution is 6.19. The number of halogens is 3. The molecule has 0 spiro atoms. The summed E-state index contributed by atoms with van der Waals surface area (Å²) < 4.78 is 42.8. The number of alkyl halides is 3. The quantitative estimate of drug-likeness (QED) is 0.189. The Bertz CT molecular complexity index is 695. The number of allylic oxidation sites excluding steroid dienone is 1. The van der Waals surface area contributed by atoms with Crippen LogP contribution in [0.1, 0.15) is 25.0 Å². The van der Waals surface area contributed by atoms with Crippen LogP contribution in [-0.4, -0.2) is 23.1 Å². The van der Waals surface area contributed by atoms with E-state index in [4.69, 9.17) is 4.74 Å². The van der Waals surface area contributed by atoms with E-state index in [0.717, 1.165) is 19.3 Å². The van der Waals surface area contributed by atoms with E-state index < -0.39 is 40.3 Å². The van der Waals surface area contributed by atoms with Crippen LogP contribution < -0.4 is 0 Å². The van der Waals surface area contributed by atoms with Gasteiger partial charge in [-0.1, -0.05) is 6.07 Å². The van der Waals surface area contributed by atoms with Crippen molar-refractivity contribution >= 4 is 17.3 Å². The highest BCUT2D eigenvalue weighted by Gasteiger charge is 2.33. The van der Waals surface area contributed by atoms with Gasteiger partial charge in [0.05, 0.1) is 28.9 Å². The van der Waals surface area contributed by atoms with Gasteiger partial charge in [-0.25, -0.2) is 0 Å². The molecule has 130 valence electrons. The van der Waals surface area contributed by atoms with Gasteiger partial charge in [-0.15, -0.1) is 0 Å². The van der Waals surface area contributed by atoms with Crippen molar-refractivity contribution in [3.8, 4) is 0 Å². The molecule has 0 fully saturated rings. The van der Waals surface area contributed by atoms with Gasteiger partial charge < -0.3 is 4.74 Å². The van der Waals surface area contributed by atoms with Crippen LogP contribution in [0.25, 0.3) is 0 Å². The summed E-state index contributed by atoms with van der Waals surface area (Å²) in [6, 6.07) is 1.87. The van der Waals surface area contributed by atoms with Gasteiger partial charge in [0.2, 0.25) is 0 Å². The maximum atomic E-state index is 12.6. The van der Waals surface area contributed by atoms with Crippen molar-refractivity contribution in [1.82, 2.24) is 0 Å². The Kier molecular flexibility index (Phi) is 6.21. The number of hydrogen-bond donors (Lipinski definition) is 0. The highest BCUT2D eigenvalue weighted by Crippen LogP contribution is 2.33. The molecule has 0 aromatic heterocycles. The first-order chi connectivity index (χ1) is 11.1. The molecule has 0 atom stereocenters. The Morgan fingerprint density at radius 2 is 1.96 bits per heavy atom. The van der Waals surface area contributed by atoms with E-state index >= 15 is 0 Å². The lowest BCUT2D eigenvalue weighted by Gasteiger charge is -2.09. The monoisotopic (exact) mass is 345 g/mol. The summed E-state index contributed by atoms with van der Waals surface area (Å²) in [5.41, 5.74) is -2.56. The van der Waals surface area contributed by atoms with Gasteiger partial charge >= 0.3 is 6.18 Å². The van der Waals surface area contributed by atoms with E-state index in [1.165, 1.54) is 0 Å². The van der Waals surface area contributed by atoms with Gasteiger partial charge in [-0.3, -0.25) is 19.7 Å². The lowest BCUT2D eigenvalue weighted by molar-refractivity contribution is -0.385. The SMILES string of the molecule is CCOC=C(C(C)=O)C(=O)Cc1ccc(C(F)(F)F)cc1[N+](=O)[O-]. The van der Waals surface area contributed by atoms with E-state index in [1.807, 2.05) is 0 Å². The smallest absolute Gasteiger partial charge is 0.416 e. The van der Waals surface area contributed by atoms with Gasteiger partial charge in [0, 0.05) is 18.1 Å². The van der Waals surface area contributed by atoms with E-state index in [1.54, 1.807) is 6.92 Å². The Labute approximate surface area is 135 Å². The minimum absolute atomic E-state index is 0.199. The molecule has 9 heteroatoms. The second-order valence-electron chi connectivity index (χ2n) is 4.74. The third-order valence-corrected chi connectivity index (χ3v) is 3.01. The molecule has 0 aliphatic heterocycles. The van der Waals surface area contributed by atoms with E-state index in [2.05, 4.69) is 0 Å². The zero-order chi connectivity index (χ0) is 18.5. The number of carbonyl (C=O) groups is 2. The number of benzene rings is 1. The number of rotatable bonds is 7. The Balaban J connectivity index is 3.20. The fourth-order valence-electron chi connectivity index (χ4n) is 1.84. The standard InChI is InChI=1S/C15H14F3NO5/c1-3-24-8-12(9(2)20)14(21)6-10-4-5-11(15(16,17)18)7-13(10)19(22)23/h4-5,7-8H,3,6H2,1-2H3. The van der Waals surface area contributed by atoms with Gasteiger partial charge in [0.25, 0.3) is 5.69 Å². The zero-order valence-electron chi connectivity index (χ0n) is 12.8. The Morgan fingerprint density at radius 3 is 2.42 bits per heavy atom. The Morgan fingerprint density at radius 1 is 1.33 bits per heavy atom. The number of carbonyl (C=O) groups excluding carboxylic acids is 2. The third kappa shape index (κ3) is 4.90. The largest absolute Gasteiger partial charge is 0.501 e. The molecule has 1 aromatic rings. The number of nitro benzene ring substituents is 1. The van der Waals surface area contributed by atoms with Gasteiger partial charge in [0.1, 0.15) is 0 Å². The number of nitro groups is 1. The molecule has 0 N–H and O–H groups in total. The first-order valence-corrected chi connectivity index (χ1v) is 6.78. The third-order valence-electron chi connectivity index (χ3n) is 3.01. The zero-order valence-corrected chi connectivity index (χ0v) is 12.8. The van der Waals surface area contributed by atoms with Crippen molar-refractivity contribution in [2.24, 2.45) is 0 Å². The van der Waals surface area contributed by atoms with Gasteiger partial charge in [0.15, 0.2) is 11.6 Å². The van der Waals surface area contributed by atoms with Crippen LogP contribution in [0.3, 0.4) is 0 Å². The molecule has 0 unspecified atom stereocenters. The summed E-state index contributed by atoms with van der Waals surface area (Å²) in [6.45, 7) is 2.94. The van der Waals surface area contributed by atoms with Crippen LogP contribution in [0.4, 0.5) is 18.9 Å². The van der Waals surface area contributed by atoms with Crippen molar-refractivity contribution in [2.45, 2.75) is 26.4 Å². The molecule has 0 radical (unpaired) electrons. The van der Waals surface area contributed by atoms with E-state index in [-0.39, 0.29) is 17.7 Å². The van der Waals surface area contributed by atoms with Crippen molar-refractivity contribution in [3.63, 3.8) is 0 Å². The van der Waals surface area contributed by atoms with Crippen LogP contribution in [0, 0.1) is 10.1 Å². The molecule has 0 amide bonds. The van der Waals surface area contributed by atoms with Gasteiger partial charge in [-0.05, 0) is 19.9 Å². The molecule has 1 aromatic carbocycles. The summed E-state index contributed by atoms with van der Waals surface area (Å²) in [7, 11) is 0. The molecule has 0 saturated heterocycles. The van der Waals surface area contributed by atoms with Gasteiger partial charge in [-0.2, -0.15) is 13.2 Å². The van der Waals surface area contributed by atoms with Crippen LogP contribution in [-0.2, 0) is 26.9 Å². The minimum Gasteiger partial charge on any atom is -0.501 e. The molecule has 0 aliphatic rings. The summed E-state index contributed by atoms with van der Waals surface area (Å²) in [4.78, 5) is 33.5. The van der Waals surface area contributed by atoms with E-state index in [0.29, 0.717) is 12.1 Å². The molecule has 0 bridgehead atoms.